The zero-order valence-corrected chi connectivity index (χ0v) is 12.0. The Bertz CT molecular complexity index is 626. The summed E-state index contributed by atoms with van der Waals surface area (Å²) in [4.78, 5) is 6.34. The van der Waals surface area contributed by atoms with Crippen LogP contribution in [0.4, 0.5) is 5.82 Å². The summed E-state index contributed by atoms with van der Waals surface area (Å²) in [6.07, 6.45) is 1.68. The van der Waals surface area contributed by atoms with Crippen molar-refractivity contribution in [3.8, 4) is 5.75 Å². The third kappa shape index (κ3) is 3.62. The number of ether oxygens (including phenoxy) is 1. The van der Waals surface area contributed by atoms with Gasteiger partial charge in [0.2, 0.25) is 0 Å². The normalized spacial score (nSPS) is 11.2. The molecule has 0 spiro atoms. The first kappa shape index (κ1) is 14.6. The zero-order valence-electron chi connectivity index (χ0n) is 12.0. The number of aromatic nitrogens is 1. The lowest BCUT2D eigenvalue weighted by atomic mass is 10.1. The second-order valence-electron chi connectivity index (χ2n) is 4.60. The van der Waals surface area contributed by atoms with Gasteiger partial charge in [0.05, 0.1) is 13.3 Å². The number of hydrogen-bond acceptors (Lipinski definition) is 5. The van der Waals surface area contributed by atoms with Gasteiger partial charge in [-0.1, -0.05) is 23.4 Å². The number of hydrogen-bond donors (Lipinski definition) is 2. The van der Waals surface area contributed by atoms with E-state index in [1.807, 2.05) is 42.3 Å². The van der Waals surface area contributed by atoms with E-state index in [0.29, 0.717) is 12.1 Å². The minimum atomic E-state index is 0.0991. The summed E-state index contributed by atoms with van der Waals surface area (Å²) in [6.45, 7) is 0.659. The van der Waals surface area contributed by atoms with Crippen molar-refractivity contribution in [2.24, 2.45) is 10.9 Å². The number of rotatable bonds is 5. The molecule has 0 aliphatic heterocycles. The summed E-state index contributed by atoms with van der Waals surface area (Å²) in [7, 11) is 3.56. The number of nitrogens with zero attached hydrogens (tertiary/aromatic N) is 3. The number of pyridine rings is 1. The van der Waals surface area contributed by atoms with Crippen molar-refractivity contribution in [3.63, 3.8) is 0 Å². The summed E-state index contributed by atoms with van der Waals surface area (Å²) in [6, 6.07) is 11.3. The van der Waals surface area contributed by atoms with Gasteiger partial charge in [0.1, 0.15) is 11.6 Å². The topological polar surface area (TPSA) is 84.0 Å². The first-order valence-corrected chi connectivity index (χ1v) is 6.42. The average Bonchev–Trinajstić information content (AvgIpc) is 2.54. The number of nitrogens with two attached hydrogens (primary N) is 1. The van der Waals surface area contributed by atoms with E-state index >= 15 is 0 Å². The predicted molar refractivity (Wildman–Crippen MR) is 81.8 cm³/mol. The molecule has 0 atom stereocenters. The Labute approximate surface area is 123 Å². The number of oxime groups is 1. The fourth-order valence-electron chi connectivity index (χ4n) is 1.96. The van der Waals surface area contributed by atoms with E-state index in [0.717, 1.165) is 17.1 Å². The van der Waals surface area contributed by atoms with Gasteiger partial charge >= 0.3 is 0 Å². The molecule has 0 aliphatic rings. The van der Waals surface area contributed by atoms with Gasteiger partial charge in [0, 0.05) is 19.2 Å². The smallest absolute Gasteiger partial charge is 0.170 e. The molecule has 0 amide bonds. The minimum Gasteiger partial charge on any atom is -0.495 e. The van der Waals surface area contributed by atoms with Crippen molar-refractivity contribution >= 4 is 11.7 Å². The maximum Gasteiger partial charge on any atom is 0.170 e. The van der Waals surface area contributed by atoms with Crippen LogP contribution in [0.2, 0.25) is 0 Å². The molecule has 6 nitrogen and oxygen atoms in total. The zero-order chi connectivity index (χ0) is 15.2. The van der Waals surface area contributed by atoms with Gasteiger partial charge in [-0.15, -0.1) is 0 Å². The molecule has 0 bridgehead atoms. The van der Waals surface area contributed by atoms with E-state index in [-0.39, 0.29) is 5.84 Å². The molecule has 0 saturated carbocycles. The van der Waals surface area contributed by atoms with E-state index in [2.05, 4.69) is 10.1 Å². The van der Waals surface area contributed by atoms with Crippen molar-refractivity contribution in [1.82, 2.24) is 4.98 Å². The Hall–Kier alpha value is -2.76. The standard InChI is InChI=1S/C15H18N4O2/c1-19(14-7-6-13(21-2)9-17-14)10-11-4-3-5-12(8-11)15(16)18-20/h3-9,20H,10H2,1-2H3,(H2,16,18). The molecule has 0 aliphatic carbocycles. The maximum absolute atomic E-state index is 8.72. The van der Waals surface area contributed by atoms with Gasteiger partial charge in [0.15, 0.2) is 5.84 Å². The highest BCUT2D eigenvalue weighted by molar-refractivity contribution is 5.97. The van der Waals surface area contributed by atoms with Crippen LogP contribution in [0.1, 0.15) is 11.1 Å². The van der Waals surface area contributed by atoms with Crippen LogP contribution >= 0.6 is 0 Å². The largest absolute Gasteiger partial charge is 0.495 e. The molecule has 6 heteroatoms. The van der Waals surface area contributed by atoms with E-state index in [4.69, 9.17) is 15.7 Å². The average molecular weight is 286 g/mol. The Balaban J connectivity index is 2.13. The van der Waals surface area contributed by atoms with Crippen molar-refractivity contribution in [3.05, 3.63) is 53.7 Å². The highest BCUT2D eigenvalue weighted by Gasteiger charge is 2.06. The van der Waals surface area contributed by atoms with Crippen molar-refractivity contribution < 1.29 is 9.94 Å². The quantitative estimate of drug-likeness (QED) is 0.379. The molecule has 21 heavy (non-hydrogen) atoms. The molecule has 0 unspecified atom stereocenters. The molecule has 0 radical (unpaired) electrons. The van der Waals surface area contributed by atoms with Gasteiger partial charge in [0.25, 0.3) is 0 Å². The van der Waals surface area contributed by atoms with Gasteiger partial charge in [-0.2, -0.15) is 0 Å². The highest BCUT2D eigenvalue weighted by Crippen LogP contribution is 2.16. The predicted octanol–water partition coefficient (Wildman–Crippen LogP) is 1.82. The molecule has 110 valence electrons. The second kappa shape index (κ2) is 6.60. The lowest BCUT2D eigenvalue weighted by Crippen LogP contribution is -2.18. The van der Waals surface area contributed by atoms with Crippen molar-refractivity contribution in [2.45, 2.75) is 6.54 Å². The number of anilines is 1. The Morgan fingerprint density at radius 1 is 1.38 bits per heavy atom. The summed E-state index contributed by atoms with van der Waals surface area (Å²) >= 11 is 0. The van der Waals surface area contributed by atoms with Crippen LogP contribution in [-0.2, 0) is 6.54 Å². The second-order valence-corrected chi connectivity index (χ2v) is 4.60. The van der Waals surface area contributed by atoms with Crippen LogP contribution in [-0.4, -0.2) is 30.2 Å². The highest BCUT2D eigenvalue weighted by atomic mass is 16.5. The summed E-state index contributed by atoms with van der Waals surface area (Å²) < 4.78 is 5.09. The third-order valence-electron chi connectivity index (χ3n) is 3.10. The molecule has 3 N–H and O–H groups in total. The van der Waals surface area contributed by atoms with Gasteiger partial charge in [-0.25, -0.2) is 4.98 Å². The maximum atomic E-state index is 8.72. The van der Waals surface area contributed by atoms with Crippen LogP contribution in [0.3, 0.4) is 0 Å². The molecule has 2 aromatic rings. The van der Waals surface area contributed by atoms with E-state index < -0.39 is 0 Å². The minimum absolute atomic E-state index is 0.0991. The summed E-state index contributed by atoms with van der Waals surface area (Å²) in [5.41, 5.74) is 7.32. The SMILES string of the molecule is COc1ccc(N(C)Cc2cccc(/C(N)=N/O)c2)nc1. The summed E-state index contributed by atoms with van der Waals surface area (Å²) in [5, 5.41) is 11.7. The van der Waals surface area contributed by atoms with E-state index in [9.17, 15) is 0 Å². The van der Waals surface area contributed by atoms with E-state index in [1.165, 1.54) is 0 Å². The van der Waals surface area contributed by atoms with Gasteiger partial charge in [-0.3, -0.25) is 0 Å². The van der Waals surface area contributed by atoms with Crippen LogP contribution in [0.15, 0.2) is 47.8 Å². The first-order valence-electron chi connectivity index (χ1n) is 6.42. The lowest BCUT2D eigenvalue weighted by molar-refractivity contribution is 0.318. The summed E-state index contributed by atoms with van der Waals surface area (Å²) in [5.74, 6) is 1.66. The molecule has 2 rings (SSSR count). The molecule has 0 saturated heterocycles. The first-order chi connectivity index (χ1) is 10.1. The Kier molecular flexibility index (Phi) is 4.61. The number of amidine groups is 1. The third-order valence-corrected chi connectivity index (χ3v) is 3.10. The van der Waals surface area contributed by atoms with Crippen LogP contribution in [0, 0.1) is 0 Å². The van der Waals surface area contributed by atoms with E-state index in [1.54, 1.807) is 19.4 Å². The molecule has 1 heterocycles. The number of methoxy groups -OCH3 is 1. The van der Waals surface area contributed by atoms with Crippen molar-refractivity contribution in [2.75, 3.05) is 19.1 Å². The fourth-order valence-corrected chi connectivity index (χ4v) is 1.96. The van der Waals surface area contributed by atoms with Gasteiger partial charge < -0.3 is 20.6 Å². The molecule has 1 aromatic carbocycles. The van der Waals surface area contributed by atoms with Crippen molar-refractivity contribution in [1.29, 1.82) is 0 Å². The van der Waals surface area contributed by atoms with Crippen LogP contribution in [0.25, 0.3) is 0 Å². The fraction of sp³-hybridized carbons (Fsp3) is 0.200. The molecule has 1 aromatic heterocycles. The Morgan fingerprint density at radius 2 is 2.19 bits per heavy atom. The van der Waals surface area contributed by atoms with Gasteiger partial charge in [-0.05, 0) is 23.8 Å². The molecular weight excluding hydrogens is 268 g/mol. The number of benzene rings is 1. The molecular formula is C15H18N4O2. The monoisotopic (exact) mass is 286 g/mol. The molecule has 0 fully saturated rings. The lowest BCUT2D eigenvalue weighted by Gasteiger charge is -2.18. The van der Waals surface area contributed by atoms with Crippen LogP contribution in [0.5, 0.6) is 5.75 Å². The Morgan fingerprint density at radius 3 is 2.81 bits per heavy atom. The van der Waals surface area contributed by atoms with Crippen LogP contribution < -0.4 is 15.4 Å².